The van der Waals surface area contributed by atoms with E-state index in [-0.39, 0.29) is 19.1 Å². The lowest BCUT2D eigenvalue weighted by Crippen LogP contribution is -2.38. The van der Waals surface area contributed by atoms with Gasteiger partial charge in [0, 0.05) is 25.0 Å². The molecule has 0 fully saturated rings. The molecule has 0 unspecified atom stereocenters. The molecule has 110 valence electrons. The number of aliphatic hydroxyl groups is 1. The summed E-state index contributed by atoms with van der Waals surface area (Å²) in [7, 11) is 1.35. The van der Waals surface area contributed by atoms with Gasteiger partial charge in [0.2, 0.25) is 5.91 Å². The molecular formula is C14H15N3O4. The third-order valence-electron chi connectivity index (χ3n) is 2.99. The van der Waals surface area contributed by atoms with Crippen LogP contribution in [0.25, 0.3) is 0 Å². The predicted octanol–water partition coefficient (Wildman–Crippen LogP) is -0.322. The van der Waals surface area contributed by atoms with Crippen molar-refractivity contribution >= 4 is 11.6 Å². The van der Waals surface area contributed by atoms with Crippen LogP contribution in [0.1, 0.15) is 5.56 Å². The first kappa shape index (κ1) is 14.7. The SMILES string of the molecule is Cn1c(=O)ccn(CC(=O)Nc2ccc(CO)cc2)c1=O. The van der Waals surface area contributed by atoms with Crippen molar-refractivity contribution in [1.29, 1.82) is 0 Å². The Hall–Kier alpha value is -2.67. The molecule has 0 aliphatic heterocycles. The van der Waals surface area contributed by atoms with E-state index >= 15 is 0 Å². The fraction of sp³-hybridized carbons (Fsp3) is 0.214. The van der Waals surface area contributed by atoms with Gasteiger partial charge in [0.1, 0.15) is 6.54 Å². The van der Waals surface area contributed by atoms with Crippen molar-refractivity contribution in [1.82, 2.24) is 9.13 Å². The van der Waals surface area contributed by atoms with Crippen LogP contribution in [0, 0.1) is 0 Å². The first-order chi connectivity index (χ1) is 10.0. The molecule has 1 aromatic heterocycles. The Kier molecular flexibility index (Phi) is 4.34. The van der Waals surface area contributed by atoms with Gasteiger partial charge in [-0.15, -0.1) is 0 Å². The average molecular weight is 289 g/mol. The summed E-state index contributed by atoms with van der Waals surface area (Å²) in [6, 6.07) is 7.92. The maximum Gasteiger partial charge on any atom is 0.331 e. The molecule has 21 heavy (non-hydrogen) atoms. The standard InChI is InChI=1S/C14H15N3O4/c1-16-13(20)6-7-17(14(16)21)8-12(19)15-11-4-2-10(9-18)3-5-11/h2-7,18H,8-9H2,1H3,(H,15,19). The number of nitrogens with zero attached hydrogens (tertiary/aromatic N) is 2. The summed E-state index contributed by atoms with van der Waals surface area (Å²) in [4.78, 5) is 34.9. The molecule has 0 bridgehead atoms. The lowest BCUT2D eigenvalue weighted by Gasteiger charge is -2.08. The Bertz CT molecular complexity index is 759. The smallest absolute Gasteiger partial charge is 0.331 e. The minimum absolute atomic E-state index is 0.0678. The highest BCUT2D eigenvalue weighted by atomic mass is 16.3. The number of carbonyl (C=O) groups is 1. The van der Waals surface area contributed by atoms with E-state index in [9.17, 15) is 14.4 Å². The van der Waals surface area contributed by atoms with Gasteiger partial charge < -0.3 is 10.4 Å². The molecule has 2 N–H and O–H groups in total. The molecule has 1 heterocycles. The van der Waals surface area contributed by atoms with Crippen LogP contribution in [-0.4, -0.2) is 20.1 Å². The topological polar surface area (TPSA) is 93.3 Å². The molecule has 0 saturated heterocycles. The van der Waals surface area contributed by atoms with Gasteiger partial charge in [0.15, 0.2) is 0 Å². The van der Waals surface area contributed by atoms with Crippen LogP contribution in [0.5, 0.6) is 0 Å². The van der Waals surface area contributed by atoms with E-state index in [0.29, 0.717) is 5.69 Å². The van der Waals surface area contributed by atoms with E-state index in [4.69, 9.17) is 5.11 Å². The second-order valence-corrected chi connectivity index (χ2v) is 4.53. The van der Waals surface area contributed by atoms with Crippen molar-refractivity contribution in [3.8, 4) is 0 Å². The molecule has 0 radical (unpaired) electrons. The van der Waals surface area contributed by atoms with Gasteiger partial charge in [-0.05, 0) is 17.7 Å². The fourth-order valence-electron chi connectivity index (χ4n) is 1.79. The maximum absolute atomic E-state index is 11.9. The van der Waals surface area contributed by atoms with Gasteiger partial charge in [-0.1, -0.05) is 12.1 Å². The molecule has 0 aliphatic rings. The summed E-state index contributed by atoms with van der Waals surface area (Å²) in [6.45, 7) is -0.254. The Morgan fingerprint density at radius 3 is 2.48 bits per heavy atom. The lowest BCUT2D eigenvalue weighted by atomic mass is 10.2. The van der Waals surface area contributed by atoms with E-state index in [1.807, 2.05) is 0 Å². The summed E-state index contributed by atoms with van der Waals surface area (Å²) in [5, 5.41) is 11.6. The highest BCUT2D eigenvalue weighted by Crippen LogP contribution is 2.09. The Balaban J connectivity index is 2.09. The van der Waals surface area contributed by atoms with Crippen molar-refractivity contribution in [2.24, 2.45) is 7.05 Å². The Labute approximate surface area is 120 Å². The highest BCUT2D eigenvalue weighted by Gasteiger charge is 2.07. The van der Waals surface area contributed by atoms with Crippen LogP contribution in [0.4, 0.5) is 5.69 Å². The number of benzene rings is 1. The second-order valence-electron chi connectivity index (χ2n) is 4.53. The Morgan fingerprint density at radius 1 is 1.19 bits per heavy atom. The van der Waals surface area contributed by atoms with Crippen LogP contribution < -0.4 is 16.6 Å². The number of hydrogen-bond donors (Lipinski definition) is 2. The number of anilines is 1. The van der Waals surface area contributed by atoms with Gasteiger partial charge in [-0.25, -0.2) is 4.79 Å². The zero-order valence-corrected chi connectivity index (χ0v) is 11.4. The summed E-state index contributed by atoms with van der Waals surface area (Å²) >= 11 is 0. The third-order valence-corrected chi connectivity index (χ3v) is 2.99. The van der Waals surface area contributed by atoms with Crippen LogP contribution in [0.15, 0.2) is 46.1 Å². The van der Waals surface area contributed by atoms with Gasteiger partial charge in [-0.3, -0.25) is 18.7 Å². The molecule has 1 amide bonds. The van der Waals surface area contributed by atoms with Crippen molar-refractivity contribution in [3.05, 3.63) is 62.9 Å². The molecule has 0 spiro atoms. The number of aromatic nitrogens is 2. The van der Waals surface area contributed by atoms with Crippen LogP contribution in [0.2, 0.25) is 0 Å². The van der Waals surface area contributed by atoms with Crippen molar-refractivity contribution < 1.29 is 9.90 Å². The van der Waals surface area contributed by atoms with E-state index in [0.717, 1.165) is 14.7 Å². The number of carbonyl (C=O) groups excluding carboxylic acids is 1. The molecule has 2 rings (SSSR count). The van der Waals surface area contributed by atoms with Crippen LogP contribution in [-0.2, 0) is 25.0 Å². The zero-order valence-electron chi connectivity index (χ0n) is 11.4. The highest BCUT2D eigenvalue weighted by molar-refractivity contribution is 5.90. The van der Waals surface area contributed by atoms with E-state index in [1.165, 1.54) is 19.3 Å². The molecule has 0 aliphatic carbocycles. The fourth-order valence-corrected chi connectivity index (χ4v) is 1.79. The molecule has 0 atom stereocenters. The van der Waals surface area contributed by atoms with Crippen LogP contribution in [0.3, 0.4) is 0 Å². The number of aliphatic hydroxyl groups excluding tert-OH is 1. The summed E-state index contributed by atoms with van der Waals surface area (Å²) in [5.41, 5.74) is 0.335. The number of hydrogen-bond acceptors (Lipinski definition) is 4. The molecular weight excluding hydrogens is 274 g/mol. The van der Waals surface area contributed by atoms with Gasteiger partial charge in [0.05, 0.1) is 6.61 Å². The molecule has 0 saturated carbocycles. The average Bonchev–Trinajstić information content (AvgIpc) is 2.49. The van der Waals surface area contributed by atoms with Gasteiger partial charge in [0.25, 0.3) is 5.56 Å². The minimum Gasteiger partial charge on any atom is -0.392 e. The zero-order chi connectivity index (χ0) is 15.4. The summed E-state index contributed by atoms with van der Waals surface area (Å²) in [6.07, 6.45) is 1.29. The quantitative estimate of drug-likeness (QED) is 0.806. The lowest BCUT2D eigenvalue weighted by molar-refractivity contribution is -0.116. The second kappa shape index (κ2) is 6.19. The first-order valence-corrected chi connectivity index (χ1v) is 6.27. The normalized spacial score (nSPS) is 10.4. The molecule has 7 heteroatoms. The number of rotatable bonds is 4. The van der Waals surface area contributed by atoms with E-state index < -0.39 is 11.2 Å². The number of amides is 1. The molecule has 2 aromatic rings. The predicted molar refractivity (Wildman–Crippen MR) is 76.9 cm³/mol. The number of nitrogens with one attached hydrogen (secondary N) is 1. The maximum atomic E-state index is 11.9. The third kappa shape index (κ3) is 3.46. The summed E-state index contributed by atoms with van der Waals surface area (Å²) in [5.74, 6) is -0.382. The van der Waals surface area contributed by atoms with Crippen LogP contribution >= 0.6 is 0 Å². The minimum atomic E-state index is -0.548. The molecule has 7 nitrogen and oxygen atoms in total. The Morgan fingerprint density at radius 2 is 1.86 bits per heavy atom. The van der Waals surface area contributed by atoms with E-state index in [2.05, 4.69) is 5.32 Å². The first-order valence-electron chi connectivity index (χ1n) is 6.27. The van der Waals surface area contributed by atoms with Gasteiger partial charge in [-0.2, -0.15) is 0 Å². The van der Waals surface area contributed by atoms with Crippen molar-refractivity contribution in [2.45, 2.75) is 13.2 Å². The molecule has 1 aromatic carbocycles. The summed E-state index contributed by atoms with van der Waals surface area (Å²) < 4.78 is 2.09. The van der Waals surface area contributed by atoms with Crippen molar-refractivity contribution in [2.75, 3.05) is 5.32 Å². The largest absolute Gasteiger partial charge is 0.392 e. The van der Waals surface area contributed by atoms with Crippen molar-refractivity contribution in [3.63, 3.8) is 0 Å². The van der Waals surface area contributed by atoms with Gasteiger partial charge >= 0.3 is 5.69 Å². The van der Waals surface area contributed by atoms with E-state index in [1.54, 1.807) is 24.3 Å². The monoisotopic (exact) mass is 289 g/mol.